The van der Waals surface area contributed by atoms with Crippen molar-refractivity contribution in [3.63, 3.8) is 0 Å². The number of rotatable bonds is 2. The molecule has 0 aliphatic rings. The number of nitrogens with zero attached hydrogens (tertiary/aromatic N) is 1. The Bertz CT molecular complexity index is 593. The van der Waals surface area contributed by atoms with Gasteiger partial charge in [-0.15, -0.1) is 0 Å². The molecule has 1 heterocycles. The second-order valence-corrected chi connectivity index (χ2v) is 3.92. The van der Waals surface area contributed by atoms with Gasteiger partial charge in [0.15, 0.2) is 0 Å². The number of hydrogen-bond acceptors (Lipinski definition) is 2. The second-order valence-electron chi connectivity index (χ2n) is 3.92. The van der Waals surface area contributed by atoms with Gasteiger partial charge in [0.2, 0.25) is 0 Å². The normalized spacial score (nSPS) is 11.6. The molecule has 0 aliphatic heterocycles. The van der Waals surface area contributed by atoms with Crippen LogP contribution in [-0.4, -0.2) is 4.98 Å². The van der Waals surface area contributed by atoms with Crippen molar-refractivity contribution < 1.29 is 17.6 Å². The molecule has 0 saturated carbocycles. The highest BCUT2D eigenvalue weighted by molar-refractivity contribution is 5.70. The molecular weight excluding hydrogens is 260 g/mol. The lowest BCUT2D eigenvalue weighted by Crippen LogP contribution is -2.09. The summed E-state index contributed by atoms with van der Waals surface area (Å²) in [5.41, 5.74) is 5.07. The first-order valence-electron chi connectivity index (χ1n) is 5.43. The highest BCUT2D eigenvalue weighted by Crippen LogP contribution is 2.37. The molecule has 19 heavy (non-hydrogen) atoms. The monoisotopic (exact) mass is 270 g/mol. The molecule has 0 spiro atoms. The van der Waals surface area contributed by atoms with Crippen molar-refractivity contribution in [3.8, 4) is 11.1 Å². The third-order valence-corrected chi connectivity index (χ3v) is 2.70. The third-order valence-electron chi connectivity index (χ3n) is 2.70. The van der Waals surface area contributed by atoms with Crippen LogP contribution in [0.4, 0.5) is 17.6 Å². The van der Waals surface area contributed by atoms with E-state index in [0.29, 0.717) is 5.56 Å². The van der Waals surface area contributed by atoms with Crippen molar-refractivity contribution in [1.82, 2.24) is 4.98 Å². The molecule has 0 aliphatic carbocycles. The van der Waals surface area contributed by atoms with Crippen molar-refractivity contribution >= 4 is 0 Å². The number of aromatic nitrogens is 1. The van der Waals surface area contributed by atoms with Gasteiger partial charge in [0, 0.05) is 24.5 Å². The summed E-state index contributed by atoms with van der Waals surface area (Å²) in [4.78, 5) is 3.70. The Morgan fingerprint density at radius 1 is 1.11 bits per heavy atom. The summed E-state index contributed by atoms with van der Waals surface area (Å²) >= 11 is 0. The summed E-state index contributed by atoms with van der Waals surface area (Å²) in [5.74, 6) is -0.540. The lowest BCUT2D eigenvalue weighted by atomic mass is 9.97. The fourth-order valence-corrected chi connectivity index (χ4v) is 1.85. The van der Waals surface area contributed by atoms with Crippen LogP contribution in [0.2, 0.25) is 0 Å². The number of hydrogen-bond donors (Lipinski definition) is 1. The Morgan fingerprint density at radius 3 is 2.47 bits per heavy atom. The van der Waals surface area contributed by atoms with E-state index in [1.54, 1.807) is 0 Å². The van der Waals surface area contributed by atoms with Crippen LogP contribution in [0.3, 0.4) is 0 Å². The predicted octanol–water partition coefficient (Wildman–Crippen LogP) is 3.37. The maximum atomic E-state index is 13.1. The van der Waals surface area contributed by atoms with E-state index < -0.39 is 17.6 Å². The van der Waals surface area contributed by atoms with E-state index in [1.165, 1.54) is 6.07 Å². The molecule has 1 aromatic carbocycles. The van der Waals surface area contributed by atoms with Crippen LogP contribution in [0.1, 0.15) is 11.1 Å². The highest BCUT2D eigenvalue weighted by atomic mass is 19.4. The molecule has 1 aromatic heterocycles. The minimum absolute atomic E-state index is 0.0563. The van der Waals surface area contributed by atoms with E-state index in [-0.39, 0.29) is 17.7 Å². The molecule has 6 heteroatoms. The number of pyridine rings is 1. The van der Waals surface area contributed by atoms with Crippen molar-refractivity contribution in [3.05, 3.63) is 53.6 Å². The molecule has 0 atom stereocenters. The van der Waals surface area contributed by atoms with Gasteiger partial charge in [-0.05, 0) is 29.3 Å². The van der Waals surface area contributed by atoms with E-state index in [9.17, 15) is 17.6 Å². The van der Waals surface area contributed by atoms with Crippen LogP contribution in [0.15, 0.2) is 36.7 Å². The van der Waals surface area contributed by atoms with Crippen molar-refractivity contribution in [2.45, 2.75) is 12.7 Å². The zero-order valence-corrected chi connectivity index (χ0v) is 9.71. The molecule has 0 radical (unpaired) electrons. The van der Waals surface area contributed by atoms with E-state index in [0.717, 1.165) is 30.6 Å². The zero-order chi connectivity index (χ0) is 14.0. The smallest absolute Gasteiger partial charge is 0.326 e. The first-order chi connectivity index (χ1) is 8.93. The number of nitrogens with two attached hydrogens (primary N) is 1. The summed E-state index contributed by atoms with van der Waals surface area (Å²) < 4.78 is 51.8. The lowest BCUT2D eigenvalue weighted by molar-refractivity contribution is -0.137. The van der Waals surface area contributed by atoms with Gasteiger partial charge in [0.05, 0.1) is 5.56 Å². The van der Waals surface area contributed by atoms with Crippen LogP contribution < -0.4 is 5.73 Å². The summed E-state index contributed by atoms with van der Waals surface area (Å²) in [6.45, 7) is -0.0563. The van der Waals surface area contributed by atoms with Crippen molar-refractivity contribution in [2.75, 3.05) is 0 Å². The number of halogens is 4. The predicted molar refractivity (Wildman–Crippen MR) is 62.5 cm³/mol. The molecule has 2 aromatic rings. The Balaban J connectivity index is 2.66. The molecule has 0 bridgehead atoms. The fraction of sp³-hybridized carbons (Fsp3) is 0.154. The van der Waals surface area contributed by atoms with Crippen LogP contribution in [0, 0.1) is 5.82 Å². The Hall–Kier alpha value is -1.95. The first kappa shape index (κ1) is 13.5. The lowest BCUT2D eigenvalue weighted by Gasteiger charge is -2.14. The topological polar surface area (TPSA) is 38.9 Å². The summed E-state index contributed by atoms with van der Waals surface area (Å²) in [6, 6.07) is 4.40. The minimum Gasteiger partial charge on any atom is -0.326 e. The standard InChI is InChI=1S/C13H10F4N2/c14-9-1-2-10(8(5-9)6-18)11-7-19-4-3-12(11)13(15,16)17/h1-5,7H,6,18H2. The Morgan fingerprint density at radius 2 is 1.84 bits per heavy atom. The zero-order valence-electron chi connectivity index (χ0n) is 9.71. The minimum atomic E-state index is -4.50. The van der Waals surface area contributed by atoms with Gasteiger partial charge in [0.25, 0.3) is 0 Å². The number of alkyl halides is 3. The summed E-state index contributed by atoms with van der Waals surface area (Å²) in [7, 11) is 0. The Kier molecular flexibility index (Phi) is 3.53. The van der Waals surface area contributed by atoms with Crippen LogP contribution in [0.5, 0.6) is 0 Å². The van der Waals surface area contributed by atoms with Crippen LogP contribution >= 0.6 is 0 Å². The molecular formula is C13H10F4N2. The van der Waals surface area contributed by atoms with Gasteiger partial charge >= 0.3 is 6.18 Å². The van der Waals surface area contributed by atoms with E-state index >= 15 is 0 Å². The molecule has 100 valence electrons. The second kappa shape index (κ2) is 4.97. The van der Waals surface area contributed by atoms with Gasteiger partial charge in [-0.25, -0.2) is 4.39 Å². The summed E-state index contributed by atoms with van der Waals surface area (Å²) in [6.07, 6.45) is -2.33. The van der Waals surface area contributed by atoms with Crippen molar-refractivity contribution in [1.29, 1.82) is 0 Å². The van der Waals surface area contributed by atoms with E-state index in [4.69, 9.17) is 5.73 Å². The SMILES string of the molecule is NCc1cc(F)ccc1-c1cnccc1C(F)(F)F. The molecule has 2 N–H and O–H groups in total. The average Bonchev–Trinajstić information content (AvgIpc) is 2.37. The Labute approximate surface area is 106 Å². The third kappa shape index (κ3) is 2.73. The largest absolute Gasteiger partial charge is 0.417 e. The molecule has 2 rings (SSSR count). The van der Waals surface area contributed by atoms with Gasteiger partial charge in [0.1, 0.15) is 5.82 Å². The quantitative estimate of drug-likeness (QED) is 0.850. The number of benzene rings is 1. The average molecular weight is 270 g/mol. The molecule has 0 fully saturated rings. The first-order valence-corrected chi connectivity index (χ1v) is 5.43. The molecule has 0 saturated heterocycles. The van der Waals surface area contributed by atoms with Gasteiger partial charge in [-0.2, -0.15) is 13.2 Å². The maximum Gasteiger partial charge on any atom is 0.417 e. The summed E-state index contributed by atoms with van der Waals surface area (Å²) in [5, 5.41) is 0. The molecule has 0 unspecified atom stereocenters. The van der Waals surface area contributed by atoms with Gasteiger partial charge < -0.3 is 5.73 Å². The van der Waals surface area contributed by atoms with Crippen molar-refractivity contribution in [2.24, 2.45) is 5.73 Å². The van der Waals surface area contributed by atoms with E-state index in [2.05, 4.69) is 4.98 Å². The molecule has 0 amide bonds. The van der Waals surface area contributed by atoms with Crippen LogP contribution in [0.25, 0.3) is 11.1 Å². The van der Waals surface area contributed by atoms with Gasteiger partial charge in [-0.1, -0.05) is 6.07 Å². The fourth-order valence-electron chi connectivity index (χ4n) is 1.85. The van der Waals surface area contributed by atoms with Crippen LogP contribution in [-0.2, 0) is 12.7 Å². The maximum absolute atomic E-state index is 13.1. The highest BCUT2D eigenvalue weighted by Gasteiger charge is 2.34. The molecule has 2 nitrogen and oxygen atoms in total. The van der Waals surface area contributed by atoms with E-state index in [1.807, 2.05) is 0 Å². The van der Waals surface area contributed by atoms with Gasteiger partial charge in [-0.3, -0.25) is 4.98 Å².